The second kappa shape index (κ2) is 7.96. The van der Waals surface area contributed by atoms with E-state index in [1.54, 1.807) is 30.5 Å². The summed E-state index contributed by atoms with van der Waals surface area (Å²) in [7, 11) is -3.24. The molecule has 4 heterocycles. The first-order valence-electron chi connectivity index (χ1n) is 10.3. The van der Waals surface area contributed by atoms with Crippen molar-refractivity contribution in [2.24, 2.45) is 0 Å². The summed E-state index contributed by atoms with van der Waals surface area (Å²) in [5, 5.41) is 4.85. The van der Waals surface area contributed by atoms with Crippen molar-refractivity contribution in [3.8, 4) is 33.8 Å². The van der Waals surface area contributed by atoms with Crippen LogP contribution in [0.2, 0.25) is 0 Å². The van der Waals surface area contributed by atoms with Crippen molar-refractivity contribution in [1.29, 1.82) is 0 Å². The van der Waals surface area contributed by atoms with Gasteiger partial charge < -0.3 is 4.74 Å². The van der Waals surface area contributed by atoms with Gasteiger partial charge in [0.25, 0.3) is 0 Å². The van der Waals surface area contributed by atoms with Crippen LogP contribution in [0.3, 0.4) is 0 Å². The molecule has 1 aliphatic rings. The first-order chi connectivity index (χ1) is 15.4. The van der Waals surface area contributed by atoms with Crippen molar-refractivity contribution < 1.29 is 13.2 Å². The molecule has 162 valence electrons. The van der Waals surface area contributed by atoms with Gasteiger partial charge in [-0.3, -0.25) is 14.6 Å². The molecular weight excluding hydrogens is 424 g/mol. The third-order valence-electron chi connectivity index (χ3n) is 5.51. The van der Waals surface area contributed by atoms with Gasteiger partial charge in [0, 0.05) is 35.5 Å². The van der Waals surface area contributed by atoms with Gasteiger partial charge in [-0.1, -0.05) is 18.2 Å². The standard InChI is InChI=1S/C24H22N4O3S/c1-16-4-3-5-22(26-16)24-21(13-28(27-24)19-14-31-15-19)18-10-11-25-23(12-18)17-6-8-20(9-7-17)32(2,29)30/h3-13,19H,14-15H2,1-2H3. The van der Waals surface area contributed by atoms with Crippen LogP contribution in [0.5, 0.6) is 0 Å². The number of aromatic nitrogens is 4. The van der Waals surface area contributed by atoms with E-state index in [0.717, 1.165) is 39.5 Å². The van der Waals surface area contributed by atoms with Crippen LogP contribution in [0.15, 0.2) is 71.9 Å². The van der Waals surface area contributed by atoms with E-state index in [4.69, 9.17) is 9.84 Å². The minimum atomic E-state index is -3.24. The molecule has 0 aliphatic carbocycles. The number of sulfone groups is 1. The van der Waals surface area contributed by atoms with Crippen LogP contribution in [0.4, 0.5) is 0 Å². The second-order valence-electron chi connectivity index (χ2n) is 7.95. The molecule has 8 heteroatoms. The van der Waals surface area contributed by atoms with Gasteiger partial charge >= 0.3 is 0 Å². The maximum atomic E-state index is 11.8. The summed E-state index contributed by atoms with van der Waals surface area (Å²) >= 11 is 0. The lowest BCUT2D eigenvalue weighted by Crippen LogP contribution is -2.30. The average molecular weight is 447 g/mol. The predicted molar refractivity (Wildman–Crippen MR) is 122 cm³/mol. The molecule has 0 unspecified atom stereocenters. The SMILES string of the molecule is Cc1cccc(-c2nn(C3COC3)cc2-c2ccnc(-c3ccc(S(C)(=O)=O)cc3)c2)n1. The molecule has 7 nitrogen and oxygen atoms in total. The fourth-order valence-corrected chi connectivity index (χ4v) is 4.29. The van der Waals surface area contributed by atoms with Crippen LogP contribution in [-0.2, 0) is 14.6 Å². The summed E-state index contributed by atoms with van der Waals surface area (Å²) in [6, 6.07) is 16.8. The number of nitrogens with zero attached hydrogens (tertiary/aromatic N) is 4. The molecule has 4 aromatic rings. The van der Waals surface area contributed by atoms with Gasteiger partial charge in [0.1, 0.15) is 5.69 Å². The van der Waals surface area contributed by atoms with E-state index in [1.807, 2.05) is 48.1 Å². The minimum Gasteiger partial charge on any atom is -0.377 e. The lowest BCUT2D eigenvalue weighted by Gasteiger charge is -2.25. The summed E-state index contributed by atoms with van der Waals surface area (Å²) in [4.78, 5) is 9.47. The zero-order valence-corrected chi connectivity index (χ0v) is 18.6. The van der Waals surface area contributed by atoms with Crippen LogP contribution in [0.1, 0.15) is 11.7 Å². The smallest absolute Gasteiger partial charge is 0.175 e. The third kappa shape index (κ3) is 3.94. The Morgan fingerprint density at radius 1 is 1.00 bits per heavy atom. The lowest BCUT2D eigenvalue weighted by atomic mass is 10.0. The third-order valence-corrected chi connectivity index (χ3v) is 6.64. The summed E-state index contributed by atoms with van der Waals surface area (Å²) in [5.74, 6) is 0. The molecule has 0 amide bonds. The van der Waals surface area contributed by atoms with Gasteiger partial charge in [0.15, 0.2) is 9.84 Å². The van der Waals surface area contributed by atoms with E-state index < -0.39 is 9.84 Å². The maximum Gasteiger partial charge on any atom is 0.175 e. The van der Waals surface area contributed by atoms with E-state index in [0.29, 0.717) is 13.2 Å². The summed E-state index contributed by atoms with van der Waals surface area (Å²) < 4.78 is 30.8. The van der Waals surface area contributed by atoms with Gasteiger partial charge in [0.05, 0.1) is 35.5 Å². The molecule has 1 fully saturated rings. The molecule has 5 rings (SSSR count). The number of benzene rings is 1. The Bertz CT molecular complexity index is 1390. The number of pyridine rings is 2. The normalized spacial score (nSPS) is 14.3. The topological polar surface area (TPSA) is 87.0 Å². The fourth-order valence-electron chi connectivity index (χ4n) is 3.66. The van der Waals surface area contributed by atoms with Crippen LogP contribution in [0.25, 0.3) is 33.8 Å². The Hall–Kier alpha value is -3.36. The molecule has 0 radical (unpaired) electrons. The van der Waals surface area contributed by atoms with Crippen molar-refractivity contribution in [3.05, 3.63) is 72.7 Å². The van der Waals surface area contributed by atoms with E-state index in [9.17, 15) is 8.42 Å². The van der Waals surface area contributed by atoms with Crippen molar-refractivity contribution in [2.45, 2.75) is 17.9 Å². The lowest BCUT2D eigenvalue weighted by molar-refractivity contribution is -0.0285. The summed E-state index contributed by atoms with van der Waals surface area (Å²) in [6.45, 7) is 3.26. The largest absolute Gasteiger partial charge is 0.377 e. The van der Waals surface area contributed by atoms with Crippen molar-refractivity contribution in [2.75, 3.05) is 19.5 Å². The molecule has 32 heavy (non-hydrogen) atoms. The summed E-state index contributed by atoms with van der Waals surface area (Å²) in [6.07, 6.45) is 5.00. The van der Waals surface area contributed by atoms with E-state index in [2.05, 4.69) is 9.97 Å². The van der Waals surface area contributed by atoms with Crippen LogP contribution < -0.4 is 0 Å². The number of hydrogen-bond donors (Lipinski definition) is 0. The Balaban J connectivity index is 1.58. The number of hydrogen-bond acceptors (Lipinski definition) is 6. The number of ether oxygens (including phenoxy) is 1. The van der Waals surface area contributed by atoms with Gasteiger partial charge in [-0.25, -0.2) is 8.42 Å². The van der Waals surface area contributed by atoms with Gasteiger partial charge in [0.2, 0.25) is 0 Å². The van der Waals surface area contributed by atoms with Crippen LogP contribution >= 0.6 is 0 Å². The Labute approximate surface area is 186 Å². The Morgan fingerprint density at radius 2 is 1.78 bits per heavy atom. The molecule has 1 aromatic carbocycles. The first-order valence-corrected chi connectivity index (χ1v) is 12.2. The second-order valence-corrected chi connectivity index (χ2v) is 9.97. The highest BCUT2D eigenvalue weighted by Gasteiger charge is 2.24. The zero-order valence-electron chi connectivity index (χ0n) is 17.8. The van der Waals surface area contributed by atoms with Gasteiger partial charge in [-0.2, -0.15) is 5.10 Å². The fraction of sp³-hybridized carbons (Fsp3) is 0.208. The monoisotopic (exact) mass is 446 g/mol. The van der Waals surface area contributed by atoms with E-state index >= 15 is 0 Å². The van der Waals surface area contributed by atoms with Crippen LogP contribution in [-0.4, -0.2) is 47.6 Å². The van der Waals surface area contributed by atoms with Gasteiger partial charge in [-0.15, -0.1) is 0 Å². The van der Waals surface area contributed by atoms with E-state index in [-0.39, 0.29) is 10.9 Å². The van der Waals surface area contributed by atoms with Crippen LogP contribution in [0, 0.1) is 6.92 Å². The molecule has 0 saturated carbocycles. The average Bonchev–Trinajstić information content (AvgIpc) is 3.17. The summed E-state index contributed by atoms with van der Waals surface area (Å²) in [5.41, 5.74) is 6.08. The molecule has 0 atom stereocenters. The first kappa shape index (κ1) is 20.5. The van der Waals surface area contributed by atoms with Gasteiger partial charge in [-0.05, 0) is 48.9 Å². The Kier molecular flexibility index (Phi) is 5.11. The number of rotatable bonds is 5. The molecule has 0 bridgehead atoms. The van der Waals surface area contributed by atoms with Crippen molar-refractivity contribution >= 4 is 9.84 Å². The van der Waals surface area contributed by atoms with E-state index in [1.165, 1.54) is 6.26 Å². The highest BCUT2D eigenvalue weighted by Crippen LogP contribution is 2.34. The minimum absolute atomic E-state index is 0.220. The quantitative estimate of drug-likeness (QED) is 0.461. The number of aryl methyl sites for hydroxylation is 1. The molecule has 1 saturated heterocycles. The zero-order chi connectivity index (χ0) is 22.3. The molecule has 3 aromatic heterocycles. The predicted octanol–water partition coefficient (Wildman–Crippen LogP) is 3.96. The Morgan fingerprint density at radius 3 is 2.44 bits per heavy atom. The molecule has 1 aliphatic heterocycles. The molecule has 0 N–H and O–H groups in total. The molecule has 0 spiro atoms. The highest BCUT2D eigenvalue weighted by molar-refractivity contribution is 7.90. The van der Waals surface area contributed by atoms with Crippen molar-refractivity contribution in [3.63, 3.8) is 0 Å². The molecular formula is C24H22N4O3S. The van der Waals surface area contributed by atoms with Crippen molar-refractivity contribution in [1.82, 2.24) is 19.7 Å². The highest BCUT2D eigenvalue weighted by atomic mass is 32.2. The maximum absolute atomic E-state index is 11.8.